The summed E-state index contributed by atoms with van der Waals surface area (Å²) in [6.07, 6.45) is 22.3. The first-order chi connectivity index (χ1) is 23.4. The summed E-state index contributed by atoms with van der Waals surface area (Å²) in [7, 11) is -4.03. The Morgan fingerprint density at radius 1 is 0.735 bits per heavy atom. The Kier molecular flexibility index (Phi) is 26.4. The van der Waals surface area contributed by atoms with Gasteiger partial charge in [0.05, 0.1) is 18.0 Å². The van der Waals surface area contributed by atoms with E-state index in [1.54, 1.807) is 0 Å². The molecule has 0 bridgehead atoms. The van der Waals surface area contributed by atoms with Gasteiger partial charge in [0, 0.05) is 42.7 Å². The van der Waals surface area contributed by atoms with E-state index in [1.807, 2.05) is 6.92 Å². The molecule has 12 heteroatoms. The highest BCUT2D eigenvalue weighted by Gasteiger charge is 2.50. The lowest BCUT2D eigenvalue weighted by atomic mass is 9.93. The van der Waals surface area contributed by atoms with Crippen molar-refractivity contribution in [3.05, 3.63) is 0 Å². The lowest BCUT2D eigenvalue weighted by Crippen LogP contribution is -2.51. The minimum Gasteiger partial charge on any atom is -0.424 e. The highest BCUT2D eigenvalue weighted by molar-refractivity contribution is 7.99. The van der Waals surface area contributed by atoms with E-state index in [2.05, 4.69) is 13.8 Å². The number of carbonyl (C=O) groups excluding carboxylic acids is 2. The van der Waals surface area contributed by atoms with Crippen molar-refractivity contribution in [3.63, 3.8) is 0 Å². The minimum atomic E-state index is -4.03. The van der Waals surface area contributed by atoms with E-state index < -0.39 is 13.9 Å². The van der Waals surface area contributed by atoms with Crippen LogP contribution in [0.3, 0.4) is 0 Å². The van der Waals surface area contributed by atoms with Crippen molar-refractivity contribution < 1.29 is 38.2 Å². The summed E-state index contributed by atoms with van der Waals surface area (Å²) in [5, 5.41) is -0.323. The van der Waals surface area contributed by atoms with Crippen LogP contribution in [0.2, 0.25) is 0 Å². The van der Waals surface area contributed by atoms with Crippen molar-refractivity contribution in [2.45, 2.75) is 192 Å². The first kappa shape index (κ1) is 46.3. The van der Waals surface area contributed by atoms with E-state index in [9.17, 15) is 14.2 Å². The van der Waals surface area contributed by atoms with Crippen molar-refractivity contribution in [2.24, 2.45) is 16.9 Å². The number of ether oxygens (including phenoxy) is 3. The Balaban J connectivity index is 2.55. The maximum Gasteiger partial charge on any atom is 0.325 e. The molecule has 1 aliphatic rings. The zero-order valence-corrected chi connectivity index (χ0v) is 33.0. The molecule has 0 aromatic carbocycles. The molecule has 1 saturated carbocycles. The summed E-state index contributed by atoms with van der Waals surface area (Å²) in [6, 6.07) is -0.680. The van der Waals surface area contributed by atoms with Crippen LogP contribution in [0.4, 0.5) is 0 Å². The topological polar surface area (TPSA) is 171 Å². The number of nitrogens with two attached hydrogens (primary N) is 2. The third-order valence-electron chi connectivity index (χ3n) is 9.59. The summed E-state index contributed by atoms with van der Waals surface area (Å²) >= 11 is 1.48. The summed E-state index contributed by atoms with van der Waals surface area (Å²) in [4.78, 5) is 43.8. The van der Waals surface area contributed by atoms with Crippen molar-refractivity contribution in [2.75, 3.05) is 25.1 Å². The van der Waals surface area contributed by atoms with E-state index in [0.717, 1.165) is 51.4 Å². The summed E-state index contributed by atoms with van der Waals surface area (Å²) < 4.78 is 28.3. The van der Waals surface area contributed by atoms with Gasteiger partial charge in [-0.15, -0.1) is 11.8 Å². The Morgan fingerprint density at radius 3 is 1.57 bits per heavy atom. The van der Waals surface area contributed by atoms with Gasteiger partial charge >= 0.3 is 19.5 Å². The van der Waals surface area contributed by atoms with Crippen LogP contribution in [-0.2, 0) is 28.4 Å². The van der Waals surface area contributed by atoms with Crippen LogP contribution in [0, 0.1) is 5.41 Å². The Hall–Kier alpha value is -0.680. The number of hydrogen-bond acceptors (Lipinski definition) is 9. The SMILES string of the molecule is CCCCCCCCCCCC(=O)OC(OC(=O)CCCCCCCCCCC)[C@@H](C)SC[C@H](N)C(N)C1(COCCCP(=O)(O)O)CC1. The molecule has 3 atom stereocenters. The van der Waals surface area contributed by atoms with Gasteiger partial charge in [0.2, 0.25) is 0 Å². The number of hydrogen-bond donors (Lipinski definition) is 4. The number of unbranched alkanes of at least 4 members (excludes halogenated alkanes) is 16. The maximum atomic E-state index is 12.8. The number of carbonyl (C=O) groups is 2. The van der Waals surface area contributed by atoms with Crippen molar-refractivity contribution >= 4 is 31.3 Å². The lowest BCUT2D eigenvalue weighted by molar-refractivity contribution is -0.187. The van der Waals surface area contributed by atoms with Crippen LogP contribution in [-0.4, -0.2) is 70.5 Å². The standard InChI is InChI=1S/C37H73N2O8PS/c1-4-6-8-10-12-14-16-18-20-23-33(40)46-36(47-34(41)24-21-19-17-15-13-11-9-7-5-2)31(3)49-29-32(38)35(39)37(25-26-37)30-45-27-22-28-48(42,43)44/h31-32,35-36H,4-30,38-39H2,1-3H3,(H2,42,43,44)/t31-,32+,35?/m1/s1. The molecule has 0 aliphatic heterocycles. The van der Waals surface area contributed by atoms with Crippen LogP contribution in [0.15, 0.2) is 0 Å². The van der Waals surface area contributed by atoms with E-state index in [1.165, 1.54) is 88.8 Å². The summed E-state index contributed by atoms with van der Waals surface area (Å²) in [6.45, 7) is 7.00. The normalized spacial score (nSPS) is 16.0. The van der Waals surface area contributed by atoms with Crippen LogP contribution >= 0.6 is 19.4 Å². The van der Waals surface area contributed by atoms with Crippen LogP contribution in [0.25, 0.3) is 0 Å². The molecule has 0 aromatic rings. The second-order valence-corrected chi connectivity index (χ2v) is 17.6. The highest BCUT2D eigenvalue weighted by Crippen LogP contribution is 2.49. The molecular weight excluding hydrogens is 663 g/mol. The van der Waals surface area contributed by atoms with E-state index >= 15 is 0 Å². The molecule has 0 heterocycles. The van der Waals surface area contributed by atoms with Crippen molar-refractivity contribution in [3.8, 4) is 0 Å². The van der Waals surface area contributed by atoms with Gasteiger partial charge in [-0.05, 0) is 39.0 Å². The van der Waals surface area contributed by atoms with Crippen LogP contribution < -0.4 is 11.5 Å². The van der Waals surface area contributed by atoms with Gasteiger partial charge in [0.15, 0.2) is 0 Å². The van der Waals surface area contributed by atoms with Gasteiger partial charge in [-0.2, -0.15) is 0 Å². The average Bonchev–Trinajstić information content (AvgIpc) is 3.85. The third kappa shape index (κ3) is 24.2. The molecule has 1 unspecified atom stereocenters. The Bertz CT molecular complexity index is 868. The summed E-state index contributed by atoms with van der Waals surface area (Å²) in [5.41, 5.74) is 12.9. The first-order valence-corrected chi connectivity index (χ1v) is 22.4. The highest BCUT2D eigenvalue weighted by atomic mass is 32.2. The average molecular weight is 737 g/mol. The van der Waals surface area contributed by atoms with E-state index in [-0.39, 0.29) is 53.9 Å². The molecular formula is C37H73N2O8PS. The number of thioether (sulfide) groups is 1. The first-order valence-electron chi connectivity index (χ1n) is 19.6. The molecule has 0 aromatic heterocycles. The van der Waals surface area contributed by atoms with Crippen molar-refractivity contribution in [1.29, 1.82) is 0 Å². The van der Waals surface area contributed by atoms with Crippen LogP contribution in [0.5, 0.6) is 0 Å². The van der Waals surface area contributed by atoms with Gasteiger partial charge in [0.25, 0.3) is 6.29 Å². The lowest BCUT2D eigenvalue weighted by Gasteiger charge is -2.30. The van der Waals surface area contributed by atoms with Crippen LogP contribution in [0.1, 0.15) is 168 Å². The largest absolute Gasteiger partial charge is 0.424 e. The molecule has 1 fully saturated rings. The van der Waals surface area contributed by atoms with Gasteiger partial charge < -0.3 is 35.5 Å². The molecule has 10 nitrogen and oxygen atoms in total. The predicted octanol–water partition coefficient (Wildman–Crippen LogP) is 8.38. The molecule has 0 spiro atoms. The molecule has 49 heavy (non-hydrogen) atoms. The smallest absolute Gasteiger partial charge is 0.325 e. The van der Waals surface area contributed by atoms with Gasteiger partial charge in [0.1, 0.15) is 0 Å². The van der Waals surface area contributed by atoms with E-state index in [0.29, 0.717) is 25.2 Å². The molecule has 290 valence electrons. The zero-order chi connectivity index (χ0) is 36.4. The monoisotopic (exact) mass is 736 g/mol. The van der Waals surface area contributed by atoms with Gasteiger partial charge in [-0.25, -0.2) is 0 Å². The van der Waals surface area contributed by atoms with Gasteiger partial charge in [-0.3, -0.25) is 14.2 Å². The molecule has 1 rings (SSSR count). The quantitative estimate of drug-likeness (QED) is 0.0216. The Labute approximate surface area is 302 Å². The van der Waals surface area contributed by atoms with Gasteiger partial charge in [-0.1, -0.05) is 117 Å². The minimum absolute atomic E-state index is 0.200. The summed E-state index contributed by atoms with van der Waals surface area (Å²) in [5.74, 6) is -0.195. The maximum absolute atomic E-state index is 12.8. The number of rotatable bonds is 34. The zero-order valence-electron chi connectivity index (χ0n) is 31.3. The molecule has 6 N–H and O–H groups in total. The second kappa shape index (κ2) is 27.9. The fourth-order valence-electron chi connectivity index (χ4n) is 6.03. The fourth-order valence-corrected chi connectivity index (χ4v) is 7.58. The Morgan fingerprint density at radius 2 is 1.16 bits per heavy atom. The molecule has 1 aliphatic carbocycles. The second-order valence-electron chi connectivity index (χ2n) is 14.4. The predicted molar refractivity (Wildman–Crippen MR) is 202 cm³/mol. The fraction of sp³-hybridized carbons (Fsp3) is 0.946. The molecule has 0 radical (unpaired) electrons. The van der Waals surface area contributed by atoms with E-state index in [4.69, 9.17) is 35.5 Å². The third-order valence-corrected chi connectivity index (χ3v) is 11.8. The molecule has 0 saturated heterocycles. The number of esters is 2. The molecule has 0 amide bonds. The van der Waals surface area contributed by atoms with Crippen molar-refractivity contribution in [1.82, 2.24) is 0 Å².